The molecule has 6 heteroatoms. The highest BCUT2D eigenvalue weighted by Crippen LogP contribution is 2.29. The average molecular weight is 355 g/mol. The van der Waals surface area contributed by atoms with E-state index in [0.717, 1.165) is 42.3 Å². The Hall–Kier alpha value is -2.37. The number of pyridine rings is 1. The molecule has 1 aliphatic heterocycles. The Balaban J connectivity index is 1.40. The lowest BCUT2D eigenvalue weighted by atomic mass is 10.0. The van der Waals surface area contributed by atoms with Crippen LogP contribution in [0.25, 0.3) is 10.9 Å². The summed E-state index contributed by atoms with van der Waals surface area (Å²) in [5.41, 5.74) is 4.45. The third-order valence-corrected chi connectivity index (χ3v) is 4.85. The Morgan fingerprint density at radius 3 is 3.12 bits per heavy atom. The maximum Gasteiger partial charge on any atom is 0.225 e. The topological polar surface area (TPSA) is 61.0 Å². The smallest absolute Gasteiger partial charge is 0.225 e. The van der Waals surface area contributed by atoms with Crippen molar-refractivity contribution in [3.8, 4) is 0 Å². The zero-order valence-electron chi connectivity index (χ0n) is 13.8. The van der Waals surface area contributed by atoms with Gasteiger partial charge >= 0.3 is 0 Å². The molecule has 1 aliphatic rings. The van der Waals surface area contributed by atoms with Crippen LogP contribution in [0.5, 0.6) is 0 Å². The number of nitrogens with one attached hydrogen (secondary N) is 2. The van der Waals surface area contributed by atoms with Gasteiger partial charge in [-0.3, -0.25) is 14.7 Å². The average Bonchev–Trinajstić information content (AvgIpc) is 2.98. The van der Waals surface area contributed by atoms with Gasteiger partial charge in [0.2, 0.25) is 5.91 Å². The van der Waals surface area contributed by atoms with Gasteiger partial charge in [-0.25, -0.2) is 0 Å². The minimum absolute atomic E-state index is 0.0146. The van der Waals surface area contributed by atoms with E-state index in [9.17, 15) is 4.79 Å². The van der Waals surface area contributed by atoms with Crippen LogP contribution >= 0.6 is 11.6 Å². The van der Waals surface area contributed by atoms with Gasteiger partial charge in [-0.05, 0) is 35.9 Å². The predicted molar refractivity (Wildman–Crippen MR) is 99.8 cm³/mol. The van der Waals surface area contributed by atoms with Crippen molar-refractivity contribution in [1.29, 1.82) is 0 Å². The van der Waals surface area contributed by atoms with Crippen LogP contribution in [-0.2, 0) is 17.8 Å². The van der Waals surface area contributed by atoms with Crippen molar-refractivity contribution in [2.45, 2.75) is 19.4 Å². The standard InChI is InChI=1S/C19H19ClN4O/c20-13-3-4-17-15(10-13)16-12-24(8-5-18(16)23-17)9-6-19(25)22-14-2-1-7-21-11-14/h1-4,7,10-11,23H,5-6,8-9,12H2,(H,22,25). The number of rotatable bonds is 4. The second-order valence-corrected chi connectivity index (χ2v) is 6.77. The molecule has 0 spiro atoms. The molecule has 2 aromatic heterocycles. The van der Waals surface area contributed by atoms with E-state index in [1.807, 2.05) is 30.3 Å². The minimum Gasteiger partial charge on any atom is -0.358 e. The SMILES string of the molecule is O=C(CCN1CCc2[nH]c3ccc(Cl)cc3c2C1)Nc1cccnc1. The third-order valence-electron chi connectivity index (χ3n) is 4.62. The van der Waals surface area contributed by atoms with Crippen LogP contribution in [0.4, 0.5) is 5.69 Å². The number of hydrogen-bond donors (Lipinski definition) is 2. The summed E-state index contributed by atoms with van der Waals surface area (Å²) < 4.78 is 0. The predicted octanol–water partition coefficient (Wildman–Crippen LogP) is 3.60. The Morgan fingerprint density at radius 2 is 2.28 bits per heavy atom. The lowest BCUT2D eigenvalue weighted by Crippen LogP contribution is -2.33. The number of H-pyrrole nitrogens is 1. The summed E-state index contributed by atoms with van der Waals surface area (Å²) in [5.74, 6) is 0.0146. The molecule has 0 saturated carbocycles. The fourth-order valence-electron chi connectivity index (χ4n) is 3.35. The second kappa shape index (κ2) is 6.86. The summed E-state index contributed by atoms with van der Waals surface area (Å²) in [4.78, 5) is 21.9. The summed E-state index contributed by atoms with van der Waals surface area (Å²) in [6.45, 7) is 2.53. The van der Waals surface area contributed by atoms with Gasteiger partial charge < -0.3 is 10.3 Å². The number of aromatic nitrogens is 2. The minimum atomic E-state index is 0.0146. The number of fused-ring (bicyclic) bond motifs is 3. The molecule has 2 N–H and O–H groups in total. The zero-order chi connectivity index (χ0) is 17.2. The number of nitrogens with zero attached hydrogens (tertiary/aromatic N) is 2. The number of amides is 1. The largest absolute Gasteiger partial charge is 0.358 e. The summed E-state index contributed by atoms with van der Waals surface area (Å²) in [6, 6.07) is 9.61. The van der Waals surface area contributed by atoms with Crippen molar-refractivity contribution in [3.63, 3.8) is 0 Å². The van der Waals surface area contributed by atoms with Crippen LogP contribution in [-0.4, -0.2) is 33.9 Å². The van der Waals surface area contributed by atoms with Gasteiger partial charge in [0, 0.05) is 60.3 Å². The first kappa shape index (κ1) is 16.1. The molecule has 0 saturated heterocycles. The lowest BCUT2D eigenvalue weighted by Gasteiger charge is -2.26. The summed E-state index contributed by atoms with van der Waals surface area (Å²) >= 11 is 6.15. The van der Waals surface area contributed by atoms with E-state index >= 15 is 0 Å². The molecule has 0 bridgehead atoms. The maximum absolute atomic E-state index is 12.1. The van der Waals surface area contributed by atoms with Crippen LogP contribution in [0.2, 0.25) is 5.02 Å². The molecule has 3 aromatic rings. The van der Waals surface area contributed by atoms with Gasteiger partial charge in [0.25, 0.3) is 0 Å². The van der Waals surface area contributed by atoms with Gasteiger partial charge in [-0.15, -0.1) is 0 Å². The molecule has 5 nitrogen and oxygen atoms in total. The summed E-state index contributed by atoms with van der Waals surface area (Å²) in [5, 5.41) is 4.82. The van der Waals surface area contributed by atoms with Crippen LogP contribution in [0, 0.1) is 0 Å². The number of hydrogen-bond acceptors (Lipinski definition) is 3. The fraction of sp³-hybridized carbons (Fsp3) is 0.263. The maximum atomic E-state index is 12.1. The molecule has 128 valence electrons. The third kappa shape index (κ3) is 3.52. The number of halogens is 1. The van der Waals surface area contributed by atoms with Crippen LogP contribution in [0.1, 0.15) is 17.7 Å². The molecule has 3 heterocycles. The summed E-state index contributed by atoms with van der Waals surface area (Å²) in [7, 11) is 0. The molecule has 25 heavy (non-hydrogen) atoms. The van der Waals surface area contributed by atoms with Gasteiger partial charge in [-0.2, -0.15) is 0 Å². The normalized spacial score (nSPS) is 14.4. The zero-order valence-corrected chi connectivity index (χ0v) is 14.5. The quantitative estimate of drug-likeness (QED) is 0.752. The van der Waals surface area contributed by atoms with E-state index in [4.69, 9.17) is 11.6 Å². The van der Waals surface area contributed by atoms with Crippen molar-refractivity contribution in [2.24, 2.45) is 0 Å². The first-order chi connectivity index (χ1) is 12.2. The number of carbonyl (C=O) groups excluding carboxylic acids is 1. The number of benzene rings is 1. The highest BCUT2D eigenvalue weighted by Gasteiger charge is 2.21. The molecule has 1 aromatic carbocycles. The van der Waals surface area contributed by atoms with Crippen LogP contribution in [0.15, 0.2) is 42.7 Å². The molecule has 0 aliphatic carbocycles. The van der Waals surface area contributed by atoms with Gasteiger partial charge in [0.05, 0.1) is 11.9 Å². The Labute approximate surface area is 151 Å². The first-order valence-corrected chi connectivity index (χ1v) is 8.78. The Kier molecular flexibility index (Phi) is 4.42. The number of anilines is 1. The summed E-state index contributed by atoms with van der Waals surface area (Å²) in [6.07, 6.45) is 4.77. The Morgan fingerprint density at radius 1 is 1.36 bits per heavy atom. The lowest BCUT2D eigenvalue weighted by molar-refractivity contribution is -0.116. The molecule has 0 unspecified atom stereocenters. The molecular formula is C19H19ClN4O. The monoisotopic (exact) mass is 354 g/mol. The van der Waals surface area contributed by atoms with Crippen molar-refractivity contribution < 1.29 is 4.79 Å². The number of carbonyl (C=O) groups is 1. The molecule has 0 atom stereocenters. The van der Waals surface area contributed by atoms with E-state index < -0.39 is 0 Å². The Bertz CT molecular complexity index is 906. The van der Waals surface area contributed by atoms with Crippen LogP contribution in [0.3, 0.4) is 0 Å². The molecule has 0 radical (unpaired) electrons. The van der Waals surface area contributed by atoms with E-state index in [0.29, 0.717) is 6.42 Å². The highest BCUT2D eigenvalue weighted by atomic mass is 35.5. The fourth-order valence-corrected chi connectivity index (χ4v) is 3.53. The van der Waals surface area contributed by atoms with Crippen molar-refractivity contribution >= 4 is 34.1 Å². The van der Waals surface area contributed by atoms with Gasteiger partial charge in [0.1, 0.15) is 0 Å². The van der Waals surface area contributed by atoms with Crippen LogP contribution < -0.4 is 5.32 Å². The second-order valence-electron chi connectivity index (χ2n) is 6.34. The molecule has 0 fully saturated rings. The van der Waals surface area contributed by atoms with Crippen molar-refractivity contribution in [2.75, 3.05) is 18.4 Å². The molecule has 1 amide bonds. The van der Waals surface area contributed by atoms with E-state index in [1.54, 1.807) is 12.4 Å². The number of aromatic amines is 1. The molecular weight excluding hydrogens is 336 g/mol. The van der Waals surface area contributed by atoms with Crippen molar-refractivity contribution in [1.82, 2.24) is 14.9 Å². The van der Waals surface area contributed by atoms with E-state index in [1.165, 1.54) is 16.6 Å². The van der Waals surface area contributed by atoms with Gasteiger partial charge in [-0.1, -0.05) is 11.6 Å². The van der Waals surface area contributed by atoms with Gasteiger partial charge in [0.15, 0.2) is 0 Å². The van der Waals surface area contributed by atoms with Crippen molar-refractivity contribution in [3.05, 3.63) is 59.0 Å². The van der Waals surface area contributed by atoms with E-state index in [2.05, 4.69) is 20.2 Å². The first-order valence-electron chi connectivity index (χ1n) is 8.40. The van der Waals surface area contributed by atoms with E-state index in [-0.39, 0.29) is 5.91 Å². The molecule has 4 rings (SSSR count). The highest BCUT2D eigenvalue weighted by molar-refractivity contribution is 6.31.